The van der Waals surface area contributed by atoms with E-state index in [1.54, 1.807) is 6.20 Å². The standard InChI is InChI=1S/C11H17BrN2O/c1-14(2)6-5-11(15)7-10-4-3-9(12)8-13-10/h3-4,8,11,15H,5-7H2,1-2H3. The van der Waals surface area contributed by atoms with Gasteiger partial charge in [-0.1, -0.05) is 0 Å². The molecule has 0 bridgehead atoms. The maximum atomic E-state index is 9.74. The fourth-order valence-electron chi connectivity index (χ4n) is 1.28. The molecule has 0 amide bonds. The van der Waals surface area contributed by atoms with Crippen LogP contribution in [0.1, 0.15) is 12.1 Å². The zero-order chi connectivity index (χ0) is 11.3. The molecule has 4 heteroatoms. The predicted molar refractivity (Wildman–Crippen MR) is 64.8 cm³/mol. The predicted octanol–water partition coefficient (Wildman–Crippen LogP) is 1.70. The molecule has 3 nitrogen and oxygen atoms in total. The van der Waals surface area contributed by atoms with Gasteiger partial charge in [0.1, 0.15) is 0 Å². The summed E-state index contributed by atoms with van der Waals surface area (Å²) >= 11 is 3.33. The van der Waals surface area contributed by atoms with Crippen molar-refractivity contribution in [2.45, 2.75) is 18.9 Å². The van der Waals surface area contributed by atoms with Crippen LogP contribution in [0.3, 0.4) is 0 Å². The Kier molecular flexibility index (Phi) is 5.22. The van der Waals surface area contributed by atoms with Gasteiger partial charge in [-0.3, -0.25) is 4.98 Å². The quantitative estimate of drug-likeness (QED) is 0.887. The normalized spacial score (nSPS) is 13.1. The van der Waals surface area contributed by atoms with E-state index >= 15 is 0 Å². The van der Waals surface area contributed by atoms with Crippen LogP contribution in [0.2, 0.25) is 0 Å². The summed E-state index contributed by atoms with van der Waals surface area (Å²) in [6, 6.07) is 3.88. The monoisotopic (exact) mass is 272 g/mol. The number of aromatic nitrogens is 1. The molecule has 1 N–H and O–H groups in total. The highest BCUT2D eigenvalue weighted by molar-refractivity contribution is 9.10. The molecule has 0 aromatic carbocycles. The first-order valence-electron chi connectivity index (χ1n) is 5.01. The summed E-state index contributed by atoms with van der Waals surface area (Å²) in [6.07, 6.45) is 2.86. The Morgan fingerprint density at radius 3 is 2.73 bits per heavy atom. The minimum Gasteiger partial charge on any atom is -0.393 e. The van der Waals surface area contributed by atoms with Crippen molar-refractivity contribution < 1.29 is 5.11 Å². The second kappa shape index (κ2) is 6.20. The summed E-state index contributed by atoms with van der Waals surface area (Å²) in [5.74, 6) is 0. The molecular formula is C11H17BrN2O. The Hall–Kier alpha value is -0.450. The fourth-order valence-corrected chi connectivity index (χ4v) is 1.51. The van der Waals surface area contributed by atoms with E-state index in [9.17, 15) is 5.11 Å². The van der Waals surface area contributed by atoms with E-state index in [-0.39, 0.29) is 6.10 Å². The van der Waals surface area contributed by atoms with E-state index in [4.69, 9.17) is 0 Å². The number of halogens is 1. The zero-order valence-electron chi connectivity index (χ0n) is 9.15. The molecule has 0 aliphatic heterocycles. The van der Waals surface area contributed by atoms with Gasteiger partial charge in [-0.25, -0.2) is 0 Å². The number of pyridine rings is 1. The molecule has 0 aliphatic carbocycles. The van der Waals surface area contributed by atoms with E-state index < -0.39 is 0 Å². The van der Waals surface area contributed by atoms with Crippen molar-refractivity contribution in [3.63, 3.8) is 0 Å². The number of nitrogens with zero attached hydrogens (tertiary/aromatic N) is 2. The highest BCUT2D eigenvalue weighted by Gasteiger charge is 2.06. The van der Waals surface area contributed by atoms with Gasteiger partial charge in [0.2, 0.25) is 0 Å². The number of hydrogen-bond acceptors (Lipinski definition) is 3. The fraction of sp³-hybridized carbons (Fsp3) is 0.545. The molecule has 0 radical (unpaired) electrons. The van der Waals surface area contributed by atoms with Gasteiger partial charge in [-0.05, 0) is 55.1 Å². The molecule has 1 atom stereocenters. The first-order valence-corrected chi connectivity index (χ1v) is 5.80. The molecule has 1 heterocycles. The molecule has 0 spiro atoms. The largest absolute Gasteiger partial charge is 0.393 e. The first kappa shape index (κ1) is 12.6. The first-order chi connectivity index (χ1) is 7.08. The Balaban J connectivity index is 2.37. The van der Waals surface area contributed by atoms with Gasteiger partial charge in [0.25, 0.3) is 0 Å². The number of rotatable bonds is 5. The molecule has 1 aromatic heterocycles. The Morgan fingerprint density at radius 1 is 1.47 bits per heavy atom. The van der Waals surface area contributed by atoms with E-state index in [0.717, 1.165) is 23.1 Å². The van der Waals surface area contributed by atoms with E-state index in [1.807, 2.05) is 26.2 Å². The summed E-state index contributed by atoms with van der Waals surface area (Å²) < 4.78 is 0.967. The third-order valence-electron chi connectivity index (χ3n) is 2.14. The van der Waals surface area contributed by atoms with Crippen LogP contribution >= 0.6 is 15.9 Å². The third-order valence-corrected chi connectivity index (χ3v) is 2.61. The van der Waals surface area contributed by atoms with Crippen LogP contribution in [0.5, 0.6) is 0 Å². The van der Waals surface area contributed by atoms with Crippen molar-refractivity contribution in [3.05, 3.63) is 28.5 Å². The second-order valence-electron chi connectivity index (χ2n) is 3.92. The molecule has 1 unspecified atom stereocenters. The summed E-state index contributed by atoms with van der Waals surface area (Å²) in [4.78, 5) is 6.29. The Labute approximate surface area is 99.3 Å². The molecule has 0 saturated carbocycles. The molecule has 0 aliphatic rings. The molecule has 0 saturated heterocycles. The van der Waals surface area contributed by atoms with Crippen molar-refractivity contribution in [1.29, 1.82) is 0 Å². The smallest absolute Gasteiger partial charge is 0.0607 e. The second-order valence-corrected chi connectivity index (χ2v) is 4.83. The van der Waals surface area contributed by atoms with E-state index in [0.29, 0.717) is 6.42 Å². The van der Waals surface area contributed by atoms with Crippen molar-refractivity contribution in [2.24, 2.45) is 0 Å². The number of aliphatic hydroxyl groups is 1. The summed E-state index contributed by atoms with van der Waals surface area (Å²) in [5, 5.41) is 9.74. The summed E-state index contributed by atoms with van der Waals surface area (Å²) in [6.45, 7) is 0.900. The summed E-state index contributed by atoms with van der Waals surface area (Å²) in [7, 11) is 4.01. The van der Waals surface area contributed by atoms with Crippen molar-refractivity contribution >= 4 is 15.9 Å². The molecule has 0 fully saturated rings. The van der Waals surface area contributed by atoms with Crippen LogP contribution < -0.4 is 0 Å². The Bertz CT molecular complexity index is 287. The van der Waals surface area contributed by atoms with Gasteiger partial charge in [0.15, 0.2) is 0 Å². The van der Waals surface area contributed by atoms with Crippen molar-refractivity contribution in [3.8, 4) is 0 Å². The van der Waals surface area contributed by atoms with Gasteiger partial charge in [0, 0.05) is 22.8 Å². The van der Waals surface area contributed by atoms with Crippen LogP contribution in [-0.4, -0.2) is 41.7 Å². The SMILES string of the molecule is CN(C)CCC(O)Cc1ccc(Br)cn1. The van der Waals surface area contributed by atoms with Gasteiger partial charge in [-0.2, -0.15) is 0 Å². The van der Waals surface area contributed by atoms with Gasteiger partial charge in [-0.15, -0.1) is 0 Å². The maximum Gasteiger partial charge on any atom is 0.0607 e. The van der Waals surface area contributed by atoms with E-state index in [2.05, 4.69) is 25.8 Å². The lowest BCUT2D eigenvalue weighted by molar-refractivity contribution is 0.151. The van der Waals surface area contributed by atoms with Gasteiger partial charge >= 0.3 is 0 Å². The molecule has 1 rings (SSSR count). The lowest BCUT2D eigenvalue weighted by Crippen LogP contribution is -2.21. The maximum absolute atomic E-state index is 9.74. The van der Waals surface area contributed by atoms with Crippen LogP contribution in [0.15, 0.2) is 22.8 Å². The highest BCUT2D eigenvalue weighted by atomic mass is 79.9. The van der Waals surface area contributed by atoms with Crippen LogP contribution in [0, 0.1) is 0 Å². The molecular weight excluding hydrogens is 256 g/mol. The lowest BCUT2D eigenvalue weighted by atomic mass is 10.1. The third kappa shape index (κ3) is 5.25. The minimum absolute atomic E-state index is 0.305. The molecule has 15 heavy (non-hydrogen) atoms. The van der Waals surface area contributed by atoms with Crippen molar-refractivity contribution in [2.75, 3.05) is 20.6 Å². The lowest BCUT2D eigenvalue weighted by Gasteiger charge is -2.13. The molecule has 1 aromatic rings. The number of hydrogen-bond donors (Lipinski definition) is 1. The topological polar surface area (TPSA) is 36.4 Å². The average molecular weight is 273 g/mol. The molecule has 84 valence electrons. The minimum atomic E-state index is -0.305. The van der Waals surface area contributed by atoms with Crippen LogP contribution in [0.25, 0.3) is 0 Å². The van der Waals surface area contributed by atoms with E-state index in [1.165, 1.54) is 0 Å². The summed E-state index contributed by atoms with van der Waals surface area (Å²) in [5.41, 5.74) is 0.935. The van der Waals surface area contributed by atoms with Crippen LogP contribution in [0.4, 0.5) is 0 Å². The number of aliphatic hydroxyl groups excluding tert-OH is 1. The Morgan fingerprint density at radius 2 is 2.20 bits per heavy atom. The average Bonchev–Trinajstić information content (AvgIpc) is 2.19. The van der Waals surface area contributed by atoms with Gasteiger partial charge < -0.3 is 10.0 Å². The van der Waals surface area contributed by atoms with Crippen molar-refractivity contribution in [1.82, 2.24) is 9.88 Å². The highest BCUT2D eigenvalue weighted by Crippen LogP contribution is 2.09. The zero-order valence-corrected chi connectivity index (χ0v) is 10.7. The van der Waals surface area contributed by atoms with Crippen LogP contribution in [-0.2, 0) is 6.42 Å². The van der Waals surface area contributed by atoms with Gasteiger partial charge in [0.05, 0.1) is 6.10 Å².